The van der Waals surface area contributed by atoms with Gasteiger partial charge in [0.05, 0.1) is 18.4 Å². The van der Waals surface area contributed by atoms with Crippen LogP contribution in [0.2, 0.25) is 5.02 Å². The van der Waals surface area contributed by atoms with Gasteiger partial charge in [-0.05, 0) is 112 Å². The molecular weight excluding hydrogens is 540 g/mol. The van der Waals surface area contributed by atoms with Gasteiger partial charge < -0.3 is 19.5 Å². The molecule has 5 atom stereocenters. The van der Waals surface area contributed by atoms with Crippen LogP contribution < -0.4 is 14.4 Å². The van der Waals surface area contributed by atoms with Gasteiger partial charge in [-0.1, -0.05) is 47.0 Å². The van der Waals surface area contributed by atoms with E-state index in [1.807, 2.05) is 24.3 Å². The van der Waals surface area contributed by atoms with Crippen molar-refractivity contribution >= 4 is 39.7 Å². The Morgan fingerprint density at radius 2 is 1.95 bits per heavy atom. The summed E-state index contributed by atoms with van der Waals surface area (Å²) in [5, 5.41) is 12.0. The van der Waals surface area contributed by atoms with Gasteiger partial charge in [-0.25, -0.2) is 0 Å². The smallest absolute Gasteiger partial charge is 0.260 e. The SMILES string of the molecule is C=S1NC(=O)c2ccc3c(c2)N(CC2CCC2C(O)CCCCC1(C)C)CC1(CCCc2cc(Cl)ccc21)CO3. The molecule has 0 saturated heterocycles. The Balaban J connectivity index is 1.40. The predicted molar refractivity (Wildman–Crippen MR) is 167 cm³/mol. The van der Waals surface area contributed by atoms with Crippen molar-refractivity contribution in [3.63, 3.8) is 0 Å². The summed E-state index contributed by atoms with van der Waals surface area (Å²) in [5.74, 6) is 5.87. The van der Waals surface area contributed by atoms with Crippen molar-refractivity contribution in [2.75, 3.05) is 24.6 Å². The number of rotatable bonds is 0. The predicted octanol–water partition coefficient (Wildman–Crippen LogP) is 6.90. The van der Waals surface area contributed by atoms with Crippen LogP contribution in [0, 0.1) is 11.8 Å². The van der Waals surface area contributed by atoms with Gasteiger partial charge >= 0.3 is 0 Å². The maximum Gasteiger partial charge on any atom is 0.260 e. The van der Waals surface area contributed by atoms with Crippen LogP contribution in [0.25, 0.3) is 0 Å². The maximum atomic E-state index is 13.5. The number of nitrogens with one attached hydrogen (secondary N) is 1. The monoisotopic (exact) mass is 582 g/mol. The molecule has 5 nitrogen and oxygen atoms in total. The van der Waals surface area contributed by atoms with Crippen LogP contribution in [0.1, 0.15) is 86.7 Å². The number of benzene rings is 2. The molecule has 2 heterocycles. The molecule has 2 aliphatic heterocycles. The standard InChI is InChI=1S/C33H43ClN2O3S/c1-32(2)15-5-4-8-29(37)26-12-9-24(26)19-36-20-33(16-6-7-22-17-25(34)11-13-27(22)33)21-39-30-14-10-23(18-28(30)36)31(38)35-40(32)3/h10-11,13-14,17-18,24,26,29,37H,3-9,12,15-16,19-21H2,1-2H3,(H,35,38). The molecule has 4 aliphatic rings. The average Bonchev–Trinajstić information content (AvgIpc) is 3.05. The van der Waals surface area contributed by atoms with Gasteiger partial charge in [-0.2, -0.15) is 0 Å². The Morgan fingerprint density at radius 1 is 1.10 bits per heavy atom. The summed E-state index contributed by atoms with van der Waals surface area (Å²) in [4.78, 5) is 16.0. The number of aliphatic hydroxyl groups is 1. The molecule has 2 aromatic rings. The van der Waals surface area contributed by atoms with Crippen LogP contribution in [-0.4, -0.2) is 47.4 Å². The first-order valence-corrected chi connectivity index (χ1v) is 16.8. The molecule has 40 heavy (non-hydrogen) atoms. The number of ether oxygens (including phenoxy) is 1. The molecule has 1 saturated carbocycles. The first kappa shape index (κ1) is 28.1. The zero-order valence-electron chi connectivity index (χ0n) is 23.9. The summed E-state index contributed by atoms with van der Waals surface area (Å²) in [6.45, 7) is 6.66. The quantitative estimate of drug-likeness (QED) is 0.332. The lowest BCUT2D eigenvalue weighted by Crippen LogP contribution is -2.49. The fourth-order valence-electron chi connectivity index (χ4n) is 7.42. The van der Waals surface area contributed by atoms with E-state index in [-0.39, 0.29) is 22.2 Å². The zero-order valence-corrected chi connectivity index (χ0v) is 25.5. The Kier molecular flexibility index (Phi) is 7.73. The summed E-state index contributed by atoms with van der Waals surface area (Å²) in [6, 6.07) is 12.2. The molecule has 2 bridgehead atoms. The van der Waals surface area contributed by atoms with Crippen LogP contribution >= 0.6 is 22.3 Å². The molecule has 216 valence electrons. The minimum Gasteiger partial charge on any atom is -0.490 e. The van der Waals surface area contributed by atoms with Crippen molar-refractivity contribution in [3.05, 3.63) is 58.1 Å². The fourth-order valence-corrected chi connectivity index (χ4v) is 8.62. The third-order valence-corrected chi connectivity index (χ3v) is 12.3. The van der Waals surface area contributed by atoms with E-state index >= 15 is 0 Å². The zero-order chi connectivity index (χ0) is 28.1. The van der Waals surface area contributed by atoms with Gasteiger partial charge in [-0.3, -0.25) is 4.79 Å². The highest BCUT2D eigenvalue weighted by atomic mass is 35.5. The summed E-state index contributed by atoms with van der Waals surface area (Å²) in [5.41, 5.74) is 4.15. The number of aryl methyl sites for hydroxylation is 1. The van der Waals surface area contributed by atoms with Gasteiger partial charge in [0.15, 0.2) is 0 Å². The lowest BCUT2D eigenvalue weighted by atomic mass is 9.68. The molecule has 7 heteroatoms. The van der Waals surface area contributed by atoms with Gasteiger partial charge in [0.1, 0.15) is 5.75 Å². The highest BCUT2D eigenvalue weighted by molar-refractivity contribution is 8.14. The number of fused-ring (bicyclic) bond motifs is 4. The third kappa shape index (κ3) is 5.32. The van der Waals surface area contributed by atoms with Crippen molar-refractivity contribution in [1.29, 1.82) is 0 Å². The number of hydrogen-bond donors (Lipinski definition) is 2. The Bertz CT molecular complexity index is 1310. The number of aliphatic hydroxyl groups excluding tert-OH is 1. The highest BCUT2D eigenvalue weighted by Crippen LogP contribution is 2.47. The largest absolute Gasteiger partial charge is 0.490 e. The second-order valence-electron chi connectivity index (χ2n) is 13.2. The molecule has 0 radical (unpaired) electrons. The summed E-state index contributed by atoms with van der Waals surface area (Å²) in [6.07, 6.45) is 9.00. The van der Waals surface area contributed by atoms with Gasteiger partial charge in [0, 0.05) is 33.8 Å². The Hall–Kier alpha value is -2.02. The van der Waals surface area contributed by atoms with E-state index in [1.165, 1.54) is 11.1 Å². The number of anilines is 1. The van der Waals surface area contributed by atoms with Crippen molar-refractivity contribution < 1.29 is 14.6 Å². The van der Waals surface area contributed by atoms with Gasteiger partial charge in [-0.15, -0.1) is 0 Å². The van der Waals surface area contributed by atoms with Crippen molar-refractivity contribution in [1.82, 2.24) is 4.72 Å². The number of amides is 1. The number of hydrogen-bond acceptors (Lipinski definition) is 4. The normalized spacial score (nSPS) is 32.1. The van der Waals surface area contributed by atoms with E-state index in [1.54, 1.807) is 0 Å². The van der Waals surface area contributed by atoms with Crippen molar-refractivity contribution in [2.24, 2.45) is 11.8 Å². The molecule has 6 rings (SSSR count). The van der Waals surface area contributed by atoms with Crippen LogP contribution in [0.5, 0.6) is 5.75 Å². The summed E-state index contributed by atoms with van der Waals surface area (Å²) >= 11 is 6.41. The summed E-state index contributed by atoms with van der Waals surface area (Å²) in [7, 11) is -0.532. The topological polar surface area (TPSA) is 61.8 Å². The second-order valence-corrected chi connectivity index (χ2v) is 15.7. The molecular formula is C33H43ClN2O3S. The molecule has 0 aromatic heterocycles. The second kappa shape index (κ2) is 11.0. The van der Waals surface area contributed by atoms with Crippen molar-refractivity contribution in [2.45, 2.75) is 87.9 Å². The number of nitrogens with zero attached hydrogens (tertiary/aromatic N) is 1. The molecule has 2 aliphatic carbocycles. The Morgan fingerprint density at radius 3 is 2.75 bits per heavy atom. The van der Waals surface area contributed by atoms with E-state index in [0.29, 0.717) is 24.0 Å². The van der Waals surface area contributed by atoms with Gasteiger partial charge in [0.25, 0.3) is 5.91 Å². The molecule has 5 unspecified atom stereocenters. The first-order valence-electron chi connectivity index (χ1n) is 15.0. The summed E-state index contributed by atoms with van der Waals surface area (Å²) < 4.78 is 9.72. The number of carbonyl (C=O) groups excluding carboxylic acids is 1. The lowest BCUT2D eigenvalue weighted by molar-refractivity contribution is 0.00896. The molecule has 1 amide bonds. The molecule has 2 N–H and O–H groups in total. The van der Waals surface area contributed by atoms with Crippen LogP contribution in [0.3, 0.4) is 0 Å². The first-order chi connectivity index (χ1) is 19.1. The minimum absolute atomic E-state index is 0.0743. The fraction of sp³-hybridized carbons (Fsp3) is 0.576. The minimum atomic E-state index is -0.532. The highest BCUT2D eigenvalue weighted by Gasteiger charge is 2.44. The van der Waals surface area contributed by atoms with E-state index in [0.717, 1.165) is 87.3 Å². The van der Waals surface area contributed by atoms with E-state index in [9.17, 15) is 9.90 Å². The molecule has 1 fully saturated rings. The number of carbonyl (C=O) groups is 1. The van der Waals surface area contributed by atoms with Crippen LogP contribution in [-0.2, 0) is 11.8 Å². The van der Waals surface area contributed by atoms with E-state index in [2.05, 4.69) is 41.5 Å². The molecule has 1 spiro atoms. The van der Waals surface area contributed by atoms with E-state index in [4.69, 9.17) is 16.3 Å². The number of halogens is 1. The van der Waals surface area contributed by atoms with E-state index < -0.39 is 10.7 Å². The third-order valence-electron chi connectivity index (χ3n) is 10.1. The lowest BCUT2D eigenvalue weighted by Gasteiger charge is -2.46. The van der Waals surface area contributed by atoms with Crippen molar-refractivity contribution in [3.8, 4) is 5.75 Å². The van der Waals surface area contributed by atoms with Crippen LogP contribution in [0.4, 0.5) is 5.69 Å². The van der Waals surface area contributed by atoms with Gasteiger partial charge in [0.2, 0.25) is 0 Å². The molecule has 2 aromatic carbocycles. The van der Waals surface area contributed by atoms with Crippen LogP contribution in [0.15, 0.2) is 36.4 Å². The maximum absolute atomic E-state index is 13.5. The average molecular weight is 583 g/mol. The Labute approximate surface area is 246 Å².